The molecule has 3 aromatic carbocycles. The van der Waals surface area contributed by atoms with E-state index in [-0.39, 0.29) is 26.4 Å². The molecule has 7 heteroatoms. The van der Waals surface area contributed by atoms with Crippen molar-refractivity contribution in [1.29, 1.82) is 0 Å². The van der Waals surface area contributed by atoms with E-state index in [1.165, 1.54) is 0 Å². The molecule has 0 bridgehead atoms. The van der Waals surface area contributed by atoms with E-state index in [1.54, 1.807) is 6.08 Å². The Morgan fingerprint density at radius 1 is 0.658 bits per heavy atom. The van der Waals surface area contributed by atoms with Gasteiger partial charge in [0.1, 0.15) is 23.9 Å². The normalized spacial score (nSPS) is 22.7. The van der Waals surface area contributed by atoms with Crippen LogP contribution in [0.5, 0.6) is 0 Å². The highest BCUT2D eigenvalue weighted by Gasteiger charge is 2.57. The van der Waals surface area contributed by atoms with E-state index in [0.717, 1.165) is 16.7 Å². The highest BCUT2D eigenvalue weighted by Crippen LogP contribution is 2.37. The minimum atomic E-state index is -1.49. The van der Waals surface area contributed by atoms with Crippen molar-refractivity contribution in [3.8, 4) is 0 Å². The Balaban J connectivity index is 1.67. The number of ether oxygens (including phenoxy) is 5. The van der Waals surface area contributed by atoms with Gasteiger partial charge in [-0.3, -0.25) is 0 Å². The number of rotatable bonds is 14. The number of aliphatic hydroxyl groups excluding tert-OH is 2. The lowest BCUT2D eigenvalue weighted by Crippen LogP contribution is -2.69. The van der Waals surface area contributed by atoms with Gasteiger partial charge >= 0.3 is 0 Å². The molecular formula is C31H36O7. The van der Waals surface area contributed by atoms with Crippen LogP contribution in [0.3, 0.4) is 0 Å². The summed E-state index contributed by atoms with van der Waals surface area (Å²) in [5.74, 6) is 0. The average molecular weight is 521 g/mol. The van der Waals surface area contributed by atoms with Crippen molar-refractivity contribution in [2.45, 2.75) is 50.0 Å². The fourth-order valence-corrected chi connectivity index (χ4v) is 4.48. The molecule has 1 heterocycles. The van der Waals surface area contributed by atoms with E-state index in [0.29, 0.717) is 0 Å². The SMILES string of the molecule is C=CCOC1OC(CO)(CO)C(OCc2ccccc2)C(OCc2ccccc2)C1OCc1ccccc1. The van der Waals surface area contributed by atoms with E-state index in [2.05, 4.69) is 6.58 Å². The Bertz CT molecular complexity index is 1070. The second-order valence-electron chi connectivity index (χ2n) is 9.23. The fraction of sp³-hybridized carbons (Fsp3) is 0.355. The molecule has 3 aromatic rings. The summed E-state index contributed by atoms with van der Waals surface area (Å²) in [6.07, 6.45) is -1.69. The van der Waals surface area contributed by atoms with Gasteiger partial charge in [0.2, 0.25) is 0 Å². The van der Waals surface area contributed by atoms with Gasteiger partial charge in [0, 0.05) is 0 Å². The molecule has 202 valence electrons. The molecular weight excluding hydrogens is 484 g/mol. The van der Waals surface area contributed by atoms with Gasteiger partial charge in [0.05, 0.1) is 39.6 Å². The summed E-state index contributed by atoms with van der Waals surface area (Å²) in [4.78, 5) is 0. The minimum Gasteiger partial charge on any atom is -0.393 e. The van der Waals surface area contributed by atoms with Crippen molar-refractivity contribution in [1.82, 2.24) is 0 Å². The fourth-order valence-electron chi connectivity index (χ4n) is 4.48. The summed E-state index contributed by atoms with van der Waals surface area (Å²) in [5.41, 5.74) is 1.38. The molecule has 0 aliphatic carbocycles. The molecule has 1 fully saturated rings. The molecule has 2 N–H and O–H groups in total. The topological polar surface area (TPSA) is 86.6 Å². The van der Waals surface area contributed by atoms with Gasteiger partial charge in [0.25, 0.3) is 0 Å². The Morgan fingerprint density at radius 3 is 1.55 bits per heavy atom. The van der Waals surface area contributed by atoms with Gasteiger partial charge in [-0.05, 0) is 16.7 Å². The highest BCUT2D eigenvalue weighted by molar-refractivity contribution is 5.16. The molecule has 4 unspecified atom stereocenters. The zero-order valence-electron chi connectivity index (χ0n) is 21.4. The van der Waals surface area contributed by atoms with Crippen LogP contribution in [0.25, 0.3) is 0 Å². The van der Waals surface area contributed by atoms with E-state index < -0.39 is 43.4 Å². The van der Waals surface area contributed by atoms with E-state index in [4.69, 9.17) is 23.7 Å². The van der Waals surface area contributed by atoms with Crippen LogP contribution in [-0.4, -0.2) is 60.2 Å². The van der Waals surface area contributed by atoms with Crippen molar-refractivity contribution in [2.24, 2.45) is 0 Å². The zero-order valence-corrected chi connectivity index (χ0v) is 21.4. The van der Waals surface area contributed by atoms with E-state index in [9.17, 15) is 10.2 Å². The zero-order chi connectivity index (χ0) is 26.6. The van der Waals surface area contributed by atoms with Crippen molar-refractivity contribution >= 4 is 0 Å². The molecule has 0 amide bonds. The Labute approximate surface area is 224 Å². The average Bonchev–Trinajstić information content (AvgIpc) is 2.98. The third-order valence-electron chi connectivity index (χ3n) is 6.52. The summed E-state index contributed by atoms with van der Waals surface area (Å²) in [6.45, 7) is 3.69. The number of aliphatic hydroxyl groups is 2. The molecule has 4 atom stereocenters. The maximum absolute atomic E-state index is 10.5. The summed E-state index contributed by atoms with van der Waals surface area (Å²) >= 11 is 0. The first-order valence-electron chi connectivity index (χ1n) is 12.8. The smallest absolute Gasteiger partial charge is 0.187 e. The van der Waals surface area contributed by atoms with E-state index in [1.807, 2.05) is 91.0 Å². The van der Waals surface area contributed by atoms with Crippen LogP contribution in [0.2, 0.25) is 0 Å². The largest absolute Gasteiger partial charge is 0.393 e. The maximum Gasteiger partial charge on any atom is 0.187 e. The highest BCUT2D eigenvalue weighted by atomic mass is 16.7. The molecule has 38 heavy (non-hydrogen) atoms. The number of benzene rings is 3. The van der Waals surface area contributed by atoms with Gasteiger partial charge in [-0.2, -0.15) is 0 Å². The van der Waals surface area contributed by atoms with Crippen LogP contribution >= 0.6 is 0 Å². The Hall–Kier alpha value is -2.88. The van der Waals surface area contributed by atoms with Crippen molar-refractivity contribution in [2.75, 3.05) is 19.8 Å². The van der Waals surface area contributed by atoms with Crippen LogP contribution < -0.4 is 0 Å². The van der Waals surface area contributed by atoms with Crippen LogP contribution in [-0.2, 0) is 43.5 Å². The third-order valence-corrected chi connectivity index (χ3v) is 6.52. The molecule has 0 saturated carbocycles. The molecule has 1 aliphatic heterocycles. The van der Waals surface area contributed by atoms with Crippen LogP contribution in [0.4, 0.5) is 0 Å². The number of hydrogen-bond acceptors (Lipinski definition) is 7. The van der Waals surface area contributed by atoms with Gasteiger partial charge in [-0.1, -0.05) is 97.1 Å². The standard InChI is InChI=1S/C31H36O7/c1-2-18-34-30-28(36-20-25-14-8-4-9-15-25)27(35-19-24-12-6-3-7-13-24)29(31(22-32,23-33)38-30)37-21-26-16-10-5-11-17-26/h2-17,27-30,32-33H,1,18-23H2. The van der Waals surface area contributed by atoms with Gasteiger partial charge in [0.15, 0.2) is 6.29 Å². The van der Waals surface area contributed by atoms with Gasteiger partial charge in [-0.15, -0.1) is 6.58 Å². The predicted molar refractivity (Wildman–Crippen MR) is 143 cm³/mol. The lowest BCUT2D eigenvalue weighted by Gasteiger charge is -2.51. The lowest BCUT2D eigenvalue weighted by molar-refractivity contribution is -0.363. The predicted octanol–water partition coefficient (Wildman–Crippen LogP) is 4.02. The van der Waals surface area contributed by atoms with Gasteiger partial charge in [-0.25, -0.2) is 0 Å². The minimum absolute atomic E-state index is 0.184. The molecule has 1 saturated heterocycles. The monoisotopic (exact) mass is 520 g/mol. The van der Waals surface area contributed by atoms with Gasteiger partial charge < -0.3 is 33.9 Å². The molecule has 7 nitrogen and oxygen atoms in total. The summed E-state index contributed by atoms with van der Waals surface area (Å²) in [7, 11) is 0. The first kappa shape index (κ1) is 28.1. The molecule has 4 rings (SSSR count). The van der Waals surface area contributed by atoms with Crippen LogP contribution in [0.1, 0.15) is 16.7 Å². The van der Waals surface area contributed by atoms with Crippen LogP contribution in [0.15, 0.2) is 104 Å². The first-order valence-corrected chi connectivity index (χ1v) is 12.8. The lowest BCUT2D eigenvalue weighted by atomic mass is 9.87. The molecule has 0 radical (unpaired) electrons. The molecule has 0 aromatic heterocycles. The summed E-state index contributed by atoms with van der Waals surface area (Å²) in [6, 6.07) is 29.2. The molecule has 0 spiro atoms. The summed E-state index contributed by atoms with van der Waals surface area (Å²) < 4.78 is 31.5. The first-order chi connectivity index (χ1) is 18.7. The maximum atomic E-state index is 10.5. The van der Waals surface area contributed by atoms with Crippen molar-refractivity contribution in [3.05, 3.63) is 120 Å². The third kappa shape index (κ3) is 7.15. The Morgan fingerprint density at radius 2 is 1.11 bits per heavy atom. The second kappa shape index (κ2) is 14.3. The van der Waals surface area contributed by atoms with E-state index >= 15 is 0 Å². The van der Waals surface area contributed by atoms with Crippen molar-refractivity contribution < 1.29 is 33.9 Å². The quantitative estimate of drug-likeness (QED) is 0.311. The number of hydrogen-bond donors (Lipinski definition) is 2. The van der Waals surface area contributed by atoms with Crippen LogP contribution in [0, 0.1) is 0 Å². The summed E-state index contributed by atoms with van der Waals surface area (Å²) in [5, 5.41) is 21.0. The second-order valence-corrected chi connectivity index (χ2v) is 9.23. The molecule has 1 aliphatic rings. The Kier molecular flexibility index (Phi) is 10.6. The van der Waals surface area contributed by atoms with Crippen molar-refractivity contribution in [3.63, 3.8) is 0 Å².